The number of para-hydroxylation sites is 1. The van der Waals surface area contributed by atoms with Gasteiger partial charge in [0.1, 0.15) is 17.9 Å². The van der Waals surface area contributed by atoms with Crippen LogP contribution in [0, 0.1) is 6.92 Å². The number of rotatable bonds is 5. The summed E-state index contributed by atoms with van der Waals surface area (Å²) in [7, 11) is 0. The molecule has 1 aromatic heterocycles. The summed E-state index contributed by atoms with van der Waals surface area (Å²) in [6, 6.07) is 8.55. The predicted molar refractivity (Wildman–Crippen MR) is 70.4 cm³/mol. The molecule has 5 heteroatoms. The molecule has 2 rings (SSSR count). The fourth-order valence-electron chi connectivity index (χ4n) is 1.91. The minimum absolute atomic E-state index is 0.168. The lowest BCUT2D eigenvalue weighted by Gasteiger charge is -2.09. The van der Waals surface area contributed by atoms with Crippen LogP contribution >= 0.6 is 0 Å². The molecule has 0 fully saturated rings. The van der Waals surface area contributed by atoms with E-state index in [0.717, 1.165) is 17.9 Å². The number of carbonyl (C=O) groups is 1. The van der Waals surface area contributed by atoms with Crippen molar-refractivity contribution in [2.24, 2.45) is 0 Å². The van der Waals surface area contributed by atoms with E-state index >= 15 is 0 Å². The zero-order valence-corrected chi connectivity index (χ0v) is 11.0. The van der Waals surface area contributed by atoms with E-state index in [1.165, 1.54) is 6.07 Å². The van der Waals surface area contributed by atoms with E-state index in [-0.39, 0.29) is 5.56 Å². The lowest BCUT2D eigenvalue weighted by Crippen LogP contribution is -2.08. The van der Waals surface area contributed by atoms with Crippen molar-refractivity contribution in [1.29, 1.82) is 0 Å². The summed E-state index contributed by atoms with van der Waals surface area (Å²) < 4.78 is 7.44. The molecule has 0 unspecified atom stereocenters. The Morgan fingerprint density at radius 3 is 2.84 bits per heavy atom. The molecule has 19 heavy (non-hydrogen) atoms. The minimum atomic E-state index is -0.990. The molecular formula is C14H16N2O3. The van der Waals surface area contributed by atoms with Gasteiger partial charge in [-0.2, -0.15) is 5.10 Å². The van der Waals surface area contributed by atoms with Crippen molar-refractivity contribution in [2.45, 2.75) is 27.0 Å². The largest absolute Gasteiger partial charge is 0.486 e. The molecule has 1 N–H and O–H groups in total. The maximum atomic E-state index is 11.1. The second kappa shape index (κ2) is 5.56. The zero-order chi connectivity index (χ0) is 13.8. The summed E-state index contributed by atoms with van der Waals surface area (Å²) in [4.78, 5) is 11.1. The number of carboxylic acid groups (broad SMARTS) is 1. The average molecular weight is 260 g/mol. The number of aromatic carboxylic acids is 1. The quantitative estimate of drug-likeness (QED) is 0.897. The van der Waals surface area contributed by atoms with Crippen LogP contribution in [0.2, 0.25) is 0 Å². The van der Waals surface area contributed by atoms with E-state index in [0.29, 0.717) is 12.4 Å². The Bertz CT molecular complexity index is 590. The third kappa shape index (κ3) is 2.93. The van der Waals surface area contributed by atoms with Crippen molar-refractivity contribution < 1.29 is 14.6 Å². The standard InChI is InChI=1S/C14H16N2O3/c1-3-16-11(8-10(2)15-16)9-19-13-7-5-4-6-12(13)14(17)18/h4-8H,3,9H2,1-2H3,(H,17,18). The van der Waals surface area contributed by atoms with E-state index in [2.05, 4.69) is 5.10 Å². The predicted octanol–water partition coefficient (Wildman–Crippen LogP) is 2.49. The van der Waals surface area contributed by atoms with Crippen LogP contribution in [0.1, 0.15) is 28.7 Å². The van der Waals surface area contributed by atoms with Crippen LogP contribution in [0.15, 0.2) is 30.3 Å². The number of benzene rings is 1. The molecule has 0 saturated heterocycles. The molecule has 1 aromatic carbocycles. The zero-order valence-electron chi connectivity index (χ0n) is 11.0. The third-order valence-electron chi connectivity index (χ3n) is 2.78. The summed E-state index contributed by atoms with van der Waals surface area (Å²) in [5, 5.41) is 13.4. The molecule has 100 valence electrons. The van der Waals surface area contributed by atoms with Crippen molar-refractivity contribution in [3.63, 3.8) is 0 Å². The molecule has 0 radical (unpaired) electrons. The highest BCUT2D eigenvalue weighted by molar-refractivity contribution is 5.90. The Balaban J connectivity index is 2.16. The van der Waals surface area contributed by atoms with Gasteiger partial charge in [-0.1, -0.05) is 12.1 Å². The van der Waals surface area contributed by atoms with Crippen LogP contribution in [-0.4, -0.2) is 20.9 Å². The van der Waals surface area contributed by atoms with Gasteiger partial charge >= 0.3 is 5.97 Å². The Hall–Kier alpha value is -2.30. The molecule has 0 saturated carbocycles. The van der Waals surface area contributed by atoms with Crippen LogP contribution in [0.5, 0.6) is 5.75 Å². The minimum Gasteiger partial charge on any atom is -0.486 e. The van der Waals surface area contributed by atoms with E-state index in [4.69, 9.17) is 9.84 Å². The van der Waals surface area contributed by atoms with Gasteiger partial charge in [0.2, 0.25) is 0 Å². The highest BCUT2D eigenvalue weighted by atomic mass is 16.5. The maximum Gasteiger partial charge on any atom is 0.339 e. The Labute approximate surface area is 111 Å². The fourth-order valence-corrected chi connectivity index (χ4v) is 1.91. The Morgan fingerprint density at radius 1 is 1.42 bits per heavy atom. The van der Waals surface area contributed by atoms with Gasteiger partial charge in [-0.25, -0.2) is 4.79 Å². The summed E-state index contributed by atoms with van der Waals surface area (Å²) in [5.41, 5.74) is 2.02. The second-order valence-corrected chi connectivity index (χ2v) is 4.18. The first-order valence-electron chi connectivity index (χ1n) is 6.10. The van der Waals surface area contributed by atoms with Crippen LogP contribution < -0.4 is 4.74 Å². The first kappa shape index (κ1) is 13.1. The van der Waals surface area contributed by atoms with Gasteiger partial charge < -0.3 is 9.84 Å². The molecule has 2 aromatic rings. The summed E-state index contributed by atoms with van der Waals surface area (Å²) in [6.45, 7) is 4.98. The van der Waals surface area contributed by atoms with Gasteiger partial charge in [-0.15, -0.1) is 0 Å². The van der Waals surface area contributed by atoms with Crippen LogP contribution in [-0.2, 0) is 13.2 Å². The molecule has 5 nitrogen and oxygen atoms in total. The molecule has 0 aliphatic heterocycles. The molecule has 0 atom stereocenters. The van der Waals surface area contributed by atoms with Crippen molar-refractivity contribution in [3.8, 4) is 5.75 Å². The van der Waals surface area contributed by atoms with E-state index < -0.39 is 5.97 Å². The summed E-state index contributed by atoms with van der Waals surface area (Å²) in [6.07, 6.45) is 0. The van der Waals surface area contributed by atoms with Crippen molar-refractivity contribution in [2.75, 3.05) is 0 Å². The molecular weight excluding hydrogens is 244 g/mol. The molecule has 0 aliphatic carbocycles. The van der Waals surface area contributed by atoms with Crippen molar-refractivity contribution in [3.05, 3.63) is 47.3 Å². The van der Waals surface area contributed by atoms with Gasteiger partial charge in [0.25, 0.3) is 0 Å². The van der Waals surface area contributed by atoms with Crippen LogP contribution in [0.3, 0.4) is 0 Å². The molecule has 0 spiro atoms. The van der Waals surface area contributed by atoms with Crippen molar-refractivity contribution in [1.82, 2.24) is 9.78 Å². The van der Waals surface area contributed by atoms with Crippen LogP contribution in [0.25, 0.3) is 0 Å². The molecule has 0 bridgehead atoms. The first-order chi connectivity index (χ1) is 9.11. The number of nitrogens with zero attached hydrogens (tertiary/aromatic N) is 2. The van der Waals surface area contributed by atoms with E-state index in [1.807, 2.05) is 24.6 Å². The molecule has 0 amide bonds. The number of carboxylic acids is 1. The SMILES string of the molecule is CCn1nc(C)cc1COc1ccccc1C(=O)O. The van der Waals surface area contributed by atoms with Gasteiger partial charge in [0.05, 0.1) is 11.4 Å². The normalized spacial score (nSPS) is 10.4. The highest BCUT2D eigenvalue weighted by Gasteiger charge is 2.11. The molecule has 1 heterocycles. The van der Waals surface area contributed by atoms with Gasteiger partial charge in [-0.05, 0) is 32.0 Å². The second-order valence-electron chi connectivity index (χ2n) is 4.18. The smallest absolute Gasteiger partial charge is 0.339 e. The van der Waals surface area contributed by atoms with Crippen LogP contribution in [0.4, 0.5) is 0 Å². The average Bonchev–Trinajstić information content (AvgIpc) is 2.77. The summed E-state index contributed by atoms with van der Waals surface area (Å²) in [5.74, 6) is -0.618. The first-order valence-corrected chi connectivity index (χ1v) is 6.10. The monoisotopic (exact) mass is 260 g/mol. The lowest BCUT2D eigenvalue weighted by molar-refractivity contribution is 0.0691. The van der Waals surface area contributed by atoms with Gasteiger partial charge in [0.15, 0.2) is 0 Å². The maximum absolute atomic E-state index is 11.1. The summed E-state index contributed by atoms with van der Waals surface area (Å²) >= 11 is 0. The van der Waals surface area contributed by atoms with E-state index in [9.17, 15) is 4.79 Å². The number of aromatic nitrogens is 2. The Morgan fingerprint density at radius 2 is 2.16 bits per heavy atom. The number of hydrogen-bond donors (Lipinski definition) is 1. The molecule has 0 aliphatic rings. The number of hydrogen-bond acceptors (Lipinski definition) is 3. The van der Waals surface area contributed by atoms with Crippen molar-refractivity contribution >= 4 is 5.97 Å². The number of ether oxygens (including phenoxy) is 1. The van der Waals surface area contributed by atoms with Gasteiger partial charge in [-0.3, -0.25) is 4.68 Å². The lowest BCUT2D eigenvalue weighted by atomic mass is 10.2. The van der Waals surface area contributed by atoms with Gasteiger partial charge in [0, 0.05) is 6.54 Å². The topological polar surface area (TPSA) is 64.4 Å². The van der Waals surface area contributed by atoms with E-state index in [1.54, 1.807) is 18.2 Å². The Kier molecular flexibility index (Phi) is 3.85. The fraction of sp³-hybridized carbons (Fsp3) is 0.286. The number of aryl methyl sites for hydroxylation is 2. The highest BCUT2D eigenvalue weighted by Crippen LogP contribution is 2.19. The third-order valence-corrected chi connectivity index (χ3v) is 2.78.